The summed E-state index contributed by atoms with van der Waals surface area (Å²) in [4.78, 5) is 45.2. The van der Waals surface area contributed by atoms with Gasteiger partial charge < -0.3 is 9.80 Å². The molecule has 0 spiro atoms. The van der Waals surface area contributed by atoms with Crippen molar-refractivity contribution in [2.24, 2.45) is 0 Å². The second-order valence-corrected chi connectivity index (χ2v) is 6.78. The molecule has 1 saturated carbocycles. The molecule has 0 radical (unpaired) electrons. The van der Waals surface area contributed by atoms with Crippen molar-refractivity contribution in [2.45, 2.75) is 37.8 Å². The summed E-state index contributed by atoms with van der Waals surface area (Å²) >= 11 is 0. The molecule has 3 aliphatic rings. The molecule has 1 aromatic heterocycles. The first-order valence-electron chi connectivity index (χ1n) is 8.57. The minimum Gasteiger partial charge on any atom is -0.338 e. The normalized spacial score (nSPS) is 22.0. The molecule has 1 aliphatic carbocycles. The molecule has 2 aliphatic heterocycles. The summed E-state index contributed by atoms with van der Waals surface area (Å²) < 4.78 is 13.7. The molecule has 0 N–H and O–H groups in total. The summed E-state index contributed by atoms with van der Waals surface area (Å²) in [6.07, 6.45) is 5.41. The van der Waals surface area contributed by atoms with Crippen LogP contribution < -0.4 is 0 Å². The molecule has 8 heteroatoms. The van der Waals surface area contributed by atoms with Crippen molar-refractivity contribution >= 4 is 17.8 Å². The van der Waals surface area contributed by atoms with E-state index in [0.29, 0.717) is 25.9 Å². The molecule has 4 amide bonds. The van der Waals surface area contributed by atoms with Gasteiger partial charge in [-0.25, -0.2) is 9.18 Å². The molecule has 1 aromatic rings. The predicted molar refractivity (Wildman–Crippen MR) is 85.1 cm³/mol. The number of piperidine rings is 1. The van der Waals surface area contributed by atoms with Gasteiger partial charge in [-0.05, 0) is 31.7 Å². The number of carbonyl (C=O) groups excluding carboxylic acids is 3. The van der Waals surface area contributed by atoms with Crippen LogP contribution in [0.5, 0.6) is 0 Å². The second kappa shape index (κ2) is 6.09. The zero-order valence-corrected chi connectivity index (χ0v) is 13.7. The van der Waals surface area contributed by atoms with Gasteiger partial charge in [0.15, 0.2) is 5.82 Å². The van der Waals surface area contributed by atoms with E-state index < -0.39 is 5.82 Å². The largest absolute Gasteiger partial charge is 0.338 e. The third kappa shape index (κ3) is 2.85. The fourth-order valence-electron chi connectivity index (χ4n) is 3.61. The van der Waals surface area contributed by atoms with Crippen LogP contribution >= 0.6 is 0 Å². The predicted octanol–water partition coefficient (Wildman–Crippen LogP) is 1.25. The van der Waals surface area contributed by atoms with Crippen LogP contribution in [0.15, 0.2) is 18.5 Å². The highest BCUT2D eigenvalue weighted by Crippen LogP contribution is 2.32. The lowest BCUT2D eigenvalue weighted by Gasteiger charge is -2.36. The van der Waals surface area contributed by atoms with E-state index in [1.54, 1.807) is 9.80 Å². The Morgan fingerprint density at radius 1 is 1.12 bits per heavy atom. The van der Waals surface area contributed by atoms with Gasteiger partial charge in [0.05, 0.1) is 11.8 Å². The Morgan fingerprint density at radius 2 is 1.84 bits per heavy atom. The fraction of sp³-hybridized carbons (Fsp3) is 0.529. The molecular weight excluding hydrogens is 327 g/mol. The maximum absolute atomic E-state index is 13.7. The molecule has 0 atom stereocenters. The summed E-state index contributed by atoms with van der Waals surface area (Å²) in [6.45, 7) is 1.01. The van der Waals surface area contributed by atoms with Crippen LogP contribution in [0.1, 0.15) is 36.0 Å². The fourth-order valence-corrected chi connectivity index (χ4v) is 3.61. The number of hydrogen-bond acceptors (Lipinski definition) is 4. The Hall–Kier alpha value is -2.51. The average molecular weight is 346 g/mol. The van der Waals surface area contributed by atoms with E-state index in [2.05, 4.69) is 4.98 Å². The highest BCUT2D eigenvalue weighted by atomic mass is 19.1. The van der Waals surface area contributed by atoms with Crippen molar-refractivity contribution in [3.63, 3.8) is 0 Å². The number of likely N-dealkylation sites (tertiary alicyclic amines) is 1. The number of rotatable bonds is 3. The Balaban J connectivity index is 1.39. The standard InChI is InChI=1S/C17H19FN4O3/c18-14-9-19-6-3-13(14)16(24)20-7-4-11(5-8-20)21-10-15(23)22(17(21)25)12-1-2-12/h3,6,9,11-12H,1-2,4-5,7-8,10H2. The smallest absolute Gasteiger partial charge is 0.327 e. The number of amides is 4. The Kier molecular flexibility index (Phi) is 3.89. The number of carbonyl (C=O) groups is 3. The van der Waals surface area contributed by atoms with Gasteiger partial charge in [-0.2, -0.15) is 0 Å². The van der Waals surface area contributed by atoms with Crippen LogP contribution in [0, 0.1) is 5.82 Å². The van der Waals surface area contributed by atoms with Gasteiger partial charge in [0.1, 0.15) is 6.54 Å². The second-order valence-electron chi connectivity index (χ2n) is 6.78. The van der Waals surface area contributed by atoms with Crippen LogP contribution in [0.25, 0.3) is 0 Å². The Bertz CT molecular complexity index is 728. The summed E-state index contributed by atoms with van der Waals surface area (Å²) in [5, 5.41) is 0. The number of urea groups is 1. The van der Waals surface area contributed by atoms with E-state index in [-0.39, 0.29) is 42.0 Å². The summed E-state index contributed by atoms with van der Waals surface area (Å²) in [5.74, 6) is -1.11. The molecule has 25 heavy (non-hydrogen) atoms. The Morgan fingerprint density at radius 3 is 2.48 bits per heavy atom. The number of aromatic nitrogens is 1. The topological polar surface area (TPSA) is 73.8 Å². The van der Waals surface area contributed by atoms with E-state index in [0.717, 1.165) is 19.0 Å². The number of imide groups is 1. The Labute approximate surface area is 144 Å². The quantitative estimate of drug-likeness (QED) is 0.772. The third-order valence-corrected chi connectivity index (χ3v) is 5.13. The van der Waals surface area contributed by atoms with Crippen molar-refractivity contribution in [1.29, 1.82) is 0 Å². The minimum atomic E-state index is -0.630. The molecule has 132 valence electrons. The third-order valence-electron chi connectivity index (χ3n) is 5.13. The number of nitrogens with zero attached hydrogens (tertiary/aromatic N) is 4. The monoisotopic (exact) mass is 346 g/mol. The van der Waals surface area contributed by atoms with Gasteiger partial charge in [-0.1, -0.05) is 0 Å². The summed E-state index contributed by atoms with van der Waals surface area (Å²) in [7, 11) is 0. The van der Waals surface area contributed by atoms with E-state index in [1.165, 1.54) is 17.2 Å². The summed E-state index contributed by atoms with van der Waals surface area (Å²) in [6, 6.07) is 1.21. The van der Waals surface area contributed by atoms with E-state index in [9.17, 15) is 18.8 Å². The maximum atomic E-state index is 13.7. The number of pyridine rings is 1. The van der Waals surface area contributed by atoms with Gasteiger partial charge in [0.25, 0.3) is 11.8 Å². The highest BCUT2D eigenvalue weighted by Gasteiger charge is 2.47. The number of halogens is 1. The zero-order chi connectivity index (χ0) is 17.6. The molecule has 3 fully saturated rings. The molecule has 0 bridgehead atoms. The molecule has 0 unspecified atom stereocenters. The lowest BCUT2D eigenvalue weighted by molar-refractivity contribution is -0.125. The van der Waals surface area contributed by atoms with E-state index in [4.69, 9.17) is 0 Å². The lowest BCUT2D eigenvalue weighted by atomic mass is 10.0. The average Bonchev–Trinajstić information content (AvgIpc) is 3.40. The van der Waals surface area contributed by atoms with E-state index >= 15 is 0 Å². The molecule has 3 heterocycles. The van der Waals surface area contributed by atoms with Gasteiger partial charge in [-0.3, -0.25) is 19.5 Å². The molecular formula is C17H19FN4O3. The first-order chi connectivity index (χ1) is 12.1. The van der Waals surface area contributed by atoms with Crippen molar-refractivity contribution in [3.8, 4) is 0 Å². The van der Waals surface area contributed by atoms with Gasteiger partial charge in [0, 0.05) is 31.4 Å². The van der Waals surface area contributed by atoms with Gasteiger partial charge in [-0.15, -0.1) is 0 Å². The van der Waals surface area contributed by atoms with Crippen LogP contribution in [0.4, 0.5) is 9.18 Å². The SMILES string of the molecule is O=C(c1ccncc1F)N1CCC(N2CC(=O)N(C3CC3)C2=O)CC1. The first kappa shape index (κ1) is 16.0. The molecule has 4 rings (SSSR count). The maximum Gasteiger partial charge on any atom is 0.327 e. The minimum absolute atomic E-state index is 0.0146. The first-order valence-corrected chi connectivity index (χ1v) is 8.57. The van der Waals surface area contributed by atoms with Crippen LogP contribution in [-0.2, 0) is 4.79 Å². The van der Waals surface area contributed by atoms with E-state index in [1.807, 2.05) is 0 Å². The molecule has 7 nitrogen and oxygen atoms in total. The molecule has 0 aromatic carbocycles. The van der Waals surface area contributed by atoms with Gasteiger partial charge >= 0.3 is 6.03 Å². The van der Waals surface area contributed by atoms with Gasteiger partial charge in [0.2, 0.25) is 0 Å². The van der Waals surface area contributed by atoms with Crippen LogP contribution in [0.2, 0.25) is 0 Å². The van der Waals surface area contributed by atoms with Crippen molar-refractivity contribution < 1.29 is 18.8 Å². The zero-order valence-electron chi connectivity index (χ0n) is 13.7. The lowest BCUT2D eigenvalue weighted by Crippen LogP contribution is -2.48. The number of hydrogen-bond donors (Lipinski definition) is 0. The van der Waals surface area contributed by atoms with Crippen molar-refractivity contribution in [3.05, 3.63) is 29.8 Å². The van der Waals surface area contributed by atoms with Crippen LogP contribution in [0.3, 0.4) is 0 Å². The van der Waals surface area contributed by atoms with Crippen molar-refractivity contribution in [2.75, 3.05) is 19.6 Å². The summed E-state index contributed by atoms with van der Waals surface area (Å²) in [5.41, 5.74) is 0.0146. The highest BCUT2D eigenvalue weighted by molar-refractivity contribution is 6.02. The molecule has 2 saturated heterocycles. The van der Waals surface area contributed by atoms with Crippen molar-refractivity contribution in [1.82, 2.24) is 19.7 Å². The van der Waals surface area contributed by atoms with Crippen LogP contribution in [-0.4, -0.2) is 69.2 Å².